The first-order valence-corrected chi connectivity index (χ1v) is 9.48. The van der Waals surface area contributed by atoms with E-state index in [1.807, 2.05) is 18.2 Å². The molecule has 142 valence electrons. The fraction of sp³-hybridized carbons (Fsp3) is 0.571. The standard InChI is InChI=1S/C21H28FNO3/c1-25-20-7-6-16(14-21(20)26-13-10-22)15-23-11-8-17(9-12-23)18-4-2-3-5-19(18)24/h2,4,6-7,14,17-18H,3,5,8-13,15H2,1H3. The summed E-state index contributed by atoms with van der Waals surface area (Å²) in [7, 11) is 1.59. The normalized spacial score (nSPS) is 21.8. The number of ether oxygens (including phenoxy) is 2. The highest BCUT2D eigenvalue weighted by Gasteiger charge is 2.30. The van der Waals surface area contributed by atoms with Crippen molar-refractivity contribution >= 4 is 5.78 Å². The molecule has 0 aromatic heterocycles. The number of benzene rings is 1. The quantitative estimate of drug-likeness (QED) is 0.693. The molecule has 1 unspecified atom stereocenters. The molecule has 1 saturated heterocycles. The predicted octanol–water partition coefficient (Wildman–Crippen LogP) is 3.79. The van der Waals surface area contributed by atoms with Gasteiger partial charge < -0.3 is 9.47 Å². The third kappa shape index (κ3) is 4.64. The Labute approximate surface area is 155 Å². The van der Waals surface area contributed by atoms with E-state index in [-0.39, 0.29) is 12.5 Å². The number of carbonyl (C=O) groups excluding carboxylic acids is 1. The van der Waals surface area contributed by atoms with Crippen LogP contribution in [-0.2, 0) is 11.3 Å². The summed E-state index contributed by atoms with van der Waals surface area (Å²) in [4.78, 5) is 14.5. The van der Waals surface area contributed by atoms with Crippen LogP contribution in [0.1, 0.15) is 31.2 Å². The number of halogens is 1. The van der Waals surface area contributed by atoms with Gasteiger partial charge >= 0.3 is 0 Å². The second-order valence-electron chi connectivity index (χ2n) is 7.10. The smallest absolute Gasteiger partial charge is 0.161 e. The van der Waals surface area contributed by atoms with Crippen molar-refractivity contribution in [2.75, 3.05) is 33.5 Å². The first kappa shape index (κ1) is 18.9. The minimum absolute atomic E-state index is 0.0359. The molecule has 1 aromatic rings. The van der Waals surface area contributed by atoms with Crippen molar-refractivity contribution < 1.29 is 18.7 Å². The van der Waals surface area contributed by atoms with Gasteiger partial charge in [0.2, 0.25) is 0 Å². The highest BCUT2D eigenvalue weighted by molar-refractivity contribution is 5.84. The van der Waals surface area contributed by atoms with Crippen LogP contribution in [0.5, 0.6) is 11.5 Å². The molecule has 1 aromatic carbocycles. The van der Waals surface area contributed by atoms with Gasteiger partial charge in [0.1, 0.15) is 19.1 Å². The van der Waals surface area contributed by atoms with E-state index >= 15 is 0 Å². The Balaban J connectivity index is 1.56. The van der Waals surface area contributed by atoms with E-state index in [9.17, 15) is 9.18 Å². The Morgan fingerprint density at radius 2 is 2.04 bits per heavy atom. The maximum absolute atomic E-state index is 12.4. The Morgan fingerprint density at radius 1 is 1.23 bits per heavy atom. The number of Topliss-reactive ketones (excluding diaryl/α,β-unsaturated/α-hetero) is 1. The van der Waals surface area contributed by atoms with Crippen LogP contribution in [0.2, 0.25) is 0 Å². The summed E-state index contributed by atoms with van der Waals surface area (Å²) in [6, 6.07) is 5.84. The third-order valence-corrected chi connectivity index (χ3v) is 5.38. The zero-order valence-electron chi connectivity index (χ0n) is 15.5. The maximum Gasteiger partial charge on any atom is 0.161 e. The van der Waals surface area contributed by atoms with Gasteiger partial charge in [-0.05, 0) is 56.0 Å². The summed E-state index contributed by atoms with van der Waals surface area (Å²) < 4.78 is 23.1. The number of likely N-dealkylation sites (tertiary alicyclic amines) is 1. The topological polar surface area (TPSA) is 38.8 Å². The third-order valence-electron chi connectivity index (χ3n) is 5.38. The molecule has 0 amide bonds. The largest absolute Gasteiger partial charge is 0.493 e. The van der Waals surface area contributed by atoms with Gasteiger partial charge in [-0.1, -0.05) is 18.2 Å². The van der Waals surface area contributed by atoms with Gasteiger partial charge in [0.05, 0.1) is 7.11 Å². The van der Waals surface area contributed by atoms with Crippen molar-refractivity contribution in [3.05, 3.63) is 35.9 Å². The molecular weight excluding hydrogens is 333 g/mol. The van der Waals surface area contributed by atoms with Crippen molar-refractivity contribution in [1.29, 1.82) is 0 Å². The predicted molar refractivity (Wildman–Crippen MR) is 99.3 cm³/mol. The van der Waals surface area contributed by atoms with Crippen LogP contribution in [0.25, 0.3) is 0 Å². The fourth-order valence-electron chi connectivity index (χ4n) is 3.97. The molecule has 5 heteroatoms. The van der Waals surface area contributed by atoms with Gasteiger partial charge in [-0.3, -0.25) is 9.69 Å². The molecule has 1 aliphatic heterocycles. The summed E-state index contributed by atoms with van der Waals surface area (Å²) in [5.74, 6) is 2.25. The minimum Gasteiger partial charge on any atom is -0.493 e. The van der Waals surface area contributed by atoms with Gasteiger partial charge in [-0.2, -0.15) is 0 Å². The number of hydrogen-bond acceptors (Lipinski definition) is 4. The average Bonchev–Trinajstić information content (AvgIpc) is 2.68. The lowest BCUT2D eigenvalue weighted by Gasteiger charge is -2.35. The number of hydrogen-bond donors (Lipinski definition) is 0. The number of piperidine rings is 1. The first-order valence-electron chi connectivity index (χ1n) is 9.48. The monoisotopic (exact) mass is 361 g/mol. The molecule has 0 bridgehead atoms. The van der Waals surface area contributed by atoms with Crippen LogP contribution in [0.15, 0.2) is 30.4 Å². The second kappa shape index (κ2) is 9.17. The molecule has 1 fully saturated rings. The van der Waals surface area contributed by atoms with Gasteiger partial charge in [0, 0.05) is 18.9 Å². The number of methoxy groups -OCH3 is 1. The molecule has 3 rings (SSSR count). The van der Waals surface area contributed by atoms with E-state index in [2.05, 4.69) is 17.1 Å². The first-order chi connectivity index (χ1) is 12.7. The Hall–Kier alpha value is -1.88. The lowest BCUT2D eigenvalue weighted by Crippen LogP contribution is -2.37. The van der Waals surface area contributed by atoms with Crippen LogP contribution in [0, 0.1) is 11.8 Å². The van der Waals surface area contributed by atoms with Crippen molar-refractivity contribution in [2.45, 2.75) is 32.2 Å². The van der Waals surface area contributed by atoms with Crippen LogP contribution >= 0.6 is 0 Å². The molecule has 26 heavy (non-hydrogen) atoms. The number of alkyl halides is 1. The Morgan fingerprint density at radius 3 is 2.73 bits per heavy atom. The lowest BCUT2D eigenvalue weighted by atomic mass is 9.78. The summed E-state index contributed by atoms with van der Waals surface area (Å²) in [6.45, 7) is 2.34. The van der Waals surface area contributed by atoms with Crippen molar-refractivity contribution in [3.8, 4) is 11.5 Å². The molecule has 0 radical (unpaired) electrons. The van der Waals surface area contributed by atoms with Gasteiger partial charge in [-0.15, -0.1) is 0 Å². The van der Waals surface area contributed by atoms with E-state index in [1.165, 1.54) is 0 Å². The van der Waals surface area contributed by atoms with Gasteiger partial charge in [0.15, 0.2) is 11.5 Å². The molecule has 4 nitrogen and oxygen atoms in total. The van der Waals surface area contributed by atoms with Crippen LogP contribution in [0.3, 0.4) is 0 Å². The van der Waals surface area contributed by atoms with Crippen LogP contribution < -0.4 is 9.47 Å². The van der Waals surface area contributed by atoms with Gasteiger partial charge in [-0.25, -0.2) is 4.39 Å². The summed E-state index contributed by atoms with van der Waals surface area (Å²) in [5, 5.41) is 0. The van der Waals surface area contributed by atoms with Gasteiger partial charge in [0.25, 0.3) is 0 Å². The number of rotatable bonds is 7. The number of ketones is 1. The zero-order chi connectivity index (χ0) is 18.4. The molecule has 1 aliphatic carbocycles. The maximum atomic E-state index is 12.4. The lowest BCUT2D eigenvalue weighted by molar-refractivity contribution is -0.123. The molecular formula is C21H28FNO3. The van der Waals surface area contributed by atoms with Crippen molar-refractivity contribution in [2.24, 2.45) is 11.8 Å². The number of nitrogens with zero attached hydrogens (tertiary/aromatic N) is 1. The highest BCUT2D eigenvalue weighted by atomic mass is 19.1. The Kier molecular flexibility index (Phi) is 6.67. The molecule has 1 atom stereocenters. The van der Waals surface area contributed by atoms with Crippen molar-refractivity contribution in [1.82, 2.24) is 4.90 Å². The number of allylic oxidation sites excluding steroid dienone is 2. The van der Waals surface area contributed by atoms with E-state index in [4.69, 9.17) is 9.47 Å². The SMILES string of the molecule is COc1ccc(CN2CCC(C3C=CCCC3=O)CC2)cc1OCCF. The second-order valence-corrected chi connectivity index (χ2v) is 7.10. The summed E-state index contributed by atoms with van der Waals surface area (Å²) in [6.07, 6.45) is 8.01. The summed E-state index contributed by atoms with van der Waals surface area (Å²) >= 11 is 0. The van der Waals surface area contributed by atoms with E-state index < -0.39 is 6.67 Å². The molecule has 0 saturated carbocycles. The molecule has 1 heterocycles. The van der Waals surface area contributed by atoms with Crippen LogP contribution in [0.4, 0.5) is 4.39 Å². The van der Waals surface area contributed by atoms with E-state index in [0.29, 0.717) is 29.6 Å². The van der Waals surface area contributed by atoms with Crippen LogP contribution in [-0.4, -0.2) is 44.2 Å². The average molecular weight is 361 g/mol. The van der Waals surface area contributed by atoms with E-state index in [0.717, 1.165) is 44.5 Å². The number of carbonyl (C=O) groups is 1. The highest BCUT2D eigenvalue weighted by Crippen LogP contribution is 2.32. The Bertz CT molecular complexity index is 638. The molecule has 0 spiro atoms. The van der Waals surface area contributed by atoms with E-state index in [1.54, 1.807) is 7.11 Å². The van der Waals surface area contributed by atoms with Crippen molar-refractivity contribution in [3.63, 3.8) is 0 Å². The zero-order valence-corrected chi connectivity index (χ0v) is 15.5. The molecule has 2 aliphatic rings. The fourth-order valence-corrected chi connectivity index (χ4v) is 3.97. The minimum atomic E-state index is -0.519. The molecule has 0 N–H and O–H groups in total. The summed E-state index contributed by atoms with van der Waals surface area (Å²) in [5.41, 5.74) is 1.13.